The van der Waals surface area contributed by atoms with Gasteiger partial charge in [0.1, 0.15) is 16.7 Å². The molecule has 2 heterocycles. The maximum atomic E-state index is 13.3. The summed E-state index contributed by atoms with van der Waals surface area (Å²) < 4.78 is 12.7. The minimum atomic E-state index is -0.453. The van der Waals surface area contributed by atoms with Crippen LogP contribution >= 0.6 is 11.8 Å². The summed E-state index contributed by atoms with van der Waals surface area (Å²) in [6.45, 7) is 4.58. The first-order chi connectivity index (χ1) is 15.1. The molecule has 3 aromatic rings. The maximum Gasteiger partial charge on any atom is 0.240 e. The molecule has 9 heteroatoms. The molecule has 0 fully saturated rings. The lowest BCUT2D eigenvalue weighted by Gasteiger charge is -2.33. The summed E-state index contributed by atoms with van der Waals surface area (Å²) in [6.07, 6.45) is 0.733. The second kappa shape index (κ2) is 9.30. The van der Waals surface area contributed by atoms with Crippen LogP contribution in [0.25, 0.3) is 0 Å². The number of nitrogens with zero attached hydrogens (tertiary/aromatic N) is 3. The molecule has 4 rings (SSSR count). The number of rotatable bonds is 7. The number of aromatic nitrogens is 3. The molecule has 8 nitrogen and oxygen atoms in total. The van der Waals surface area contributed by atoms with Gasteiger partial charge in [-0.3, -0.25) is 4.79 Å². The molecule has 0 aliphatic carbocycles. The van der Waals surface area contributed by atoms with Crippen molar-refractivity contribution in [3.8, 4) is 11.5 Å². The Labute approximate surface area is 185 Å². The summed E-state index contributed by atoms with van der Waals surface area (Å²) >= 11 is 1.40. The predicted octanol–water partition coefficient (Wildman–Crippen LogP) is 3.65. The molecule has 0 saturated heterocycles. The first kappa shape index (κ1) is 21.0. The van der Waals surface area contributed by atoms with Gasteiger partial charge in [0.05, 0.1) is 19.8 Å². The third-order valence-electron chi connectivity index (χ3n) is 4.97. The molecule has 162 valence electrons. The quantitative estimate of drug-likeness (QED) is 0.581. The number of methoxy groups -OCH3 is 1. The van der Waals surface area contributed by atoms with Crippen molar-refractivity contribution in [3.05, 3.63) is 59.9 Å². The molecule has 0 radical (unpaired) electrons. The molecule has 1 aromatic heterocycles. The second-order valence-corrected chi connectivity index (χ2v) is 8.06. The molecular formula is C22H25N5O3S. The molecular weight excluding hydrogens is 414 g/mol. The number of carbonyl (C=O) groups is 1. The Morgan fingerprint density at radius 1 is 1.16 bits per heavy atom. The molecule has 1 aliphatic heterocycles. The van der Waals surface area contributed by atoms with Gasteiger partial charge in [0.2, 0.25) is 11.1 Å². The van der Waals surface area contributed by atoms with Crippen LogP contribution in [0.4, 0.5) is 5.69 Å². The number of ether oxygens (including phenoxy) is 2. The molecule has 1 aliphatic rings. The van der Waals surface area contributed by atoms with Crippen molar-refractivity contribution < 1.29 is 14.3 Å². The summed E-state index contributed by atoms with van der Waals surface area (Å²) in [4.78, 5) is 13.3. The number of hydrogen-bond donors (Lipinski definition) is 2. The van der Waals surface area contributed by atoms with Gasteiger partial charge in [-0.15, -0.1) is 10.2 Å². The molecule has 31 heavy (non-hydrogen) atoms. The van der Waals surface area contributed by atoms with Gasteiger partial charge in [-0.05, 0) is 36.8 Å². The van der Waals surface area contributed by atoms with Crippen molar-refractivity contribution in [2.45, 2.75) is 36.7 Å². The normalized spacial score (nSPS) is 17.4. The van der Waals surface area contributed by atoms with Crippen LogP contribution in [0.2, 0.25) is 0 Å². The largest absolute Gasteiger partial charge is 0.497 e. The highest BCUT2D eigenvalue weighted by atomic mass is 32.2. The fraction of sp³-hybridized carbons (Fsp3) is 0.318. The number of anilines is 1. The molecule has 2 N–H and O–H groups in total. The predicted molar refractivity (Wildman–Crippen MR) is 120 cm³/mol. The lowest BCUT2D eigenvalue weighted by atomic mass is 10.0. The highest BCUT2D eigenvalue weighted by Gasteiger charge is 2.37. The van der Waals surface area contributed by atoms with E-state index in [9.17, 15) is 4.79 Å². The minimum Gasteiger partial charge on any atom is -0.497 e. The van der Waals surface area contributed by atoms with Crippen molar-refractivity contribution in [1.29, 1.82) is 0 Å². The van der Waals surface area contributed by atoms with Crippen LogP contribution in [0.5, 0.6) is 11.5 Å². The monoisotopic (exact) mass is 439 g/mol. The van der Waals surface area contributed by atoms with Gasteiger partial charge in [0.15, 0.2) is 5.82 Å². The smallest absolute Gasteiger partial charge is 0.240 e. The van der Waals surface area contributed by atoms with E-state index >= 15 is 0 Å². The molecule has 2 atom stereocenters. The number of aryl methyl sites for hydroxylation is 1. The van der Waals surface area contributed by atoms with Crippen LogP contribution in [-0.2, 0) is 11.2 Å². The van der Waals surface area contributed by atoms with Gasteiger partial charge in [0, 0.05) is 18.2 Å². The van der Waals surface area contributed by atoms with Gasteiger partial charge in [-0.1, -0.05) is 36.9 Å². The van der Waals surface area contributed by atoms with Crippen LogP contribution in [-0.4, -0.2) is 39.7 Å². The second-order valence-electron chi connectivity index (χ2n) is 6.96. The van der Waals surface area contributed by atoms with E-state index in [0.29, 0.717) is 23.2 Å². The maximum absolute atomic E-state index is 13.3. The molecule has 0 bridgehead atoms. The van der Waals surface area contributed by atoms with Crippen molar-refractivity contribution in [2.24, 2.45) is 0 Å². The Kier molecular flexibility index (Phi) is 6.31. The third-order valence-corrected chi connectivity index (χ3v) is 6.18. The molecule has 0 spiro atoms. The summed E-state index contributed by atoms with van der Waals surface area (Å²) in [6, 6.07) is 14.8. The van der Waals surface area contributed by atoms with E-state index in [0.717, 1.165) is 23.6 Å². The van der Waals surface area contributed by atoms with Crippen LogP contribution in [0.3, 0.4) is 0 Å². The van der Waals surface area contributed by atoms with E-state index in [-0.39, 0.29) is 11.9 Å². The zero-order valence-electron chi connectivity index (χ0n) is 17.7. The molecule has 2 aromatic carbocycles. The first-order valence-electron chi connectivity index (χ1n) is 10.2. The number of amides is 1. The number of thioether (sulfide) groups is 1. The average molecular weight is 440 g/mol. The highest BCUT2D eigenvalue weighted by molar-refractivity contribution is 8.00. The van der Waals surface area contributed by atoms with Gasteiger partial charge in [-0.25, -0.2) is 4.68 Å². The zero-order chi connectivity index (χ0) is 21.8. The van der Waals surface area contributed by atoms with E-state index < -0.39 is 5.25 Å². The van der Waals surface area contributed by atoms with Crippen molar-refractivity contribution in [2.75, 3.05) is 24.5 Å². The van der Waals surface area contributed by atoms with Crippen molar-refractivity contribution in [3.63, 3.8) is 0 Å². The zero-order valence-corrected chi connectivity index (χ0v) is 18.5. The van der Waals surface area contributed by atoms with Crippen LogP contribution < -0.4 is 20.2 Å². The van der Waals surface area contributed by atoms with Gasteiger partial charge in [-0.2, -0.15) is 0 Å². The summed E-state index contributed by atoms with van der Waals surface area (Å²) in [5, 5.41) is 11.7. The van der Waals surface area contributed by atoms with Crippen LogP contribution in [0, 0.1) is 0 Å². The van der Waals surface area contributed by atoms with Crippen molar-refractivity contribution in [1.82, 2.24) is 14.9 Å². The average Bonchev–Trinajstić information content (AvgIpc) is 3.21. The fourth-order valence-corrected chi connectivity index (χ4v) is 4.53. The Hall–Kier alpha value is -3.20. The van der Waals surface area contributed by atoms with E-state index in [2.05, 4.69) is 20.9 Å². The number of nitrogens with one attached hydrogen (secondary N) is 2. The highest BCUT2D eigenvalue weighted by Crippen LogP contribution is 2.38. The summed E-state index contributed by atoms with van der Waals surface area (Å²) in [7, 11) is 1.60. The number of fused-ring (bicyclic) bond motifs is 1. The van der Waals surface area contributed by atoms with Crippen LogP contribution in [0.15, 0.2) is 53.7 Å². The molecule has 0 saturated carbocycles. The third kappa shape index (κ3) is 4.46. The Balaban J connectivity index is 1.64. The van der Waals surface area contributed by atoms with Gasteiger partial charge in [0.25, 0.3) is 0 Å². The SMILES string of the molecule is CCOc1ccc([C@H]2Nn3c(CC)nnc3S[C@@H]2C(=O)Nc2cccc(OC)c2)cc1. The molecule has 0 unspecified atom stereocenters. The van der Waals surface area contributed by atoms with E-state index in [1.807, 2.05) is 61.0 Å². The number of benzene rings is 2. The molecule has 1 amide bonds. The standard InChI is InChI=1S/C22H25N5O3S/c1-4-18-24-25-22-27(18)26-19(14-9-11-16(12-10-14)30-5-2)20(31-22)21(28)23-15-7-6-8-17(13-15)29-3/h6-13,19-20,26H,4-5H2,1-3H3,(H,23,28)/t19-,20+/m1/s1. The lowest BCUT2D eigenvalue weighted by Crippen LogP contribution is -2.41. The van der Waals surface area contributed by atoms with Crippen LogP contribution in [0.1, 0.15) is 31.3 Å². The minimum absolute atomic E-state index is 0.128. The van der Waals surface area contributed by atoms with Gasteiger partial charge < -0.3 is 20.2 Å². The van der Waals surface area contributed by atoms with E-state index in [1.165, 1.54) is 11.8 Å². The van der Waals surface area contributed by atoms with Gasteiger partial charge >= 0.3 is 0 Å². The summed E-state index contributed by atoms with van der Waals surface area (Å²) in [5.74, 6) is 2.18. The number of carbonyl (C=O) groups excluding carboxylic acids is 1. The van der Waals surface area contributed by atoms with E-state index in [4.69, 9.17) is 9.47 Å². The fourth-order valence-electron chi connectivity index (χ4n) is 3.43. The number of hydrogen-bond acceptors (Lipinski definition) is 7. The lowest BCUT2D eigenvalue weighted by molar-refractivity contribution is -0.116. The Morgan fingerprint density at radius 3 is 2.68 bits per heavy atom. The Bertz CT molecular complexity index is 1050. The summed E-state index contributed by atoms with van der Waals surface area (Å²) in [5.41, 5.74) is 5.10. The van der Waals surface area contributed by atoms with Crippen molar-refractivity contribution >= 4 is 23.4 Å². The Morgan fingerprint density at radius 2 is 1.97 bits per heavy atom. The van der Waals surface area contributed by atoms with E-state index in [1.54, 1.807) is 13.2 Å². The first-order valence-corrected chi connectivity index (χ1v) is 11.1. The topological polar surface area (TPSA) is 90.3 Å².